The third-order valence-electron chi connectivity index (χ3n) is 4.42. The molecule has 1 aromatic heterocycles. The zero-order valence-electron chi connectivity index (χ0n) is 11.2. The average molecular weight is 274 g/mol. The number of nitrogens with zero attached hydrogens (tertiary/aromatic N) is 2. The first-order valence-electron chi connectivity index (χ1n) is 7.16. The quantitative estimate of drug-likeness (QED) is 0.862. The number of hydrogen-bond acceptors (Lipinski definition) is 4. The maximum atomic E-state index is 10.4. The Balaban J connectivity index is 1.72. The molecule has 2 heterocycles. The van der Waals surface area contributed by atoms with Crippen LogP contribution in [0.4, 0.5) is 0 Å². The lowest BCUT2D eigenvalue weighted by Gasteiger charge is -2.39. The fraction of sp³-hybridized carbons (Fsp3) is 0.533. The minimum Gasteiger partial charge on any atom is -0.391 e. The molecule has 1 saturated heterocycles. The number of ether oxygens (including phenoxy) is 2. The summed E-state index contributed by atoms with van der Waals surface area (Å²) in [5, 5.41) is 15.9. The van der Waals surface area contributed by atoms with Crippen molar-refractivity contribution in [3.63, 3.8) is 0 Å². The number of para-hydroxylation sites is 1. The number of aliphatic hydroxyl groups excluding tert-OH is 1. The van der Waals surface area contributed by atoms with Crippen LogP contribution in [-0.2, 0) is 9.47 Å². The van der Waals surface area contributed by atoms with Gasteiger partial charge in [0.2, 0.25) is 0 Å². The summed E-state index contributed by atoms with van der Waals surface area (Å²) >= 11 is 0. The smallest absolute Gasteiger partial charge is 0.170 e. The fourth-order valence-electron chi connectivity index (χ4n) is 3.38. The highest BCUT2D eigenvalue weighted by molar-refractivity contribution is 5.78. The van der Waals surface area contributed by atoms with Gasteiger partial charge in [-0.3, -0.25) is 4.68 Å². The molecule has 0 bridgehead atoms. The van der Waals surface area contributed by atoms with E-state index in [2.05, 4.69) is 5.10 Å². The molecular formula is C15H18N2O3. The highest BCUT2D eigenvalue weighted by Crippen LogP contribution is 2.41. The Kier molecular flexibility index (Phi) is 2.80. The van der Waals surface area contributed by atoms with Gasteiger partial charge in [-0.15, -0.1) is 0 Å². The Morgan fingerprint density at radius 3 is 2.90 bits per heavy atom. The Hall–Kier alpha value is -1.43. The largest absolute Gasteiger partial charge is 0.391 e. The first-order valence-corrected chi connectivity index (χ1v) is 7.16. The zero-order chi connectivity index (χ0) is 13.6. The Labute approximate surface area is 117 Å². The van der Waals surface area contributed by atoms with Gasteiger partial charge in [0.15, 0.2) is 5.79 Å². The second-order valence-electron chi connectivity index (χ2n) is 5.63. The van der Waals surface area contributed by atoms with Crippen LogP contribution >= 0.6 is 0 Å². The van der Waals surface area contributed by atoms with Gasteiger partial charge in [-0.2, -0.15) is 5.10 Å². The molecule has 2 unspecified atom stereocenters. The van der Waals surface area contributed by atoms with E-state index < -0.39 is 11.9 Å². The zero-order valence-corrected chi connectivity index (χ0v) is 11.2. The second kappa shape index (κ2) is 4.55. The highest BCUT2D eigenvalue weighted by Gasteiger charge is 2.45. The monoisotopic (exact) mass is 274 g/mol. The molecule has 1 aliphatic carbocycles. The highest BCUT2D eigenvalue weighted by atomic mass is 16.7. The number of hydrogen-bond donors (Lipinski definition) is 1. The van der Waals surface area contributed by atoms with Crippen LogP contribution in [0.3, 0.4) is 0 Å². The van der Waals surface area contributed by atoms with E-state index in [1.807, 2.05) is 35.1 Å². The van der Waals surface area contributed by atoms with Gasteiger partial charge in [0.05, 0.1) is 37.1 Å². The van der Waals surface area contributed by atoms with Gasteiger partial charge in [0.25, 0.3) is 0 Å². The van der Waals surface area contributed by atoms with Crippen molar-refractivity contribution < 1.29 is 14.6 Å². The molecule has 5 nitrogen and oxygen atoms in total. The van der Waals surface area contributed by atoms with E-state index in [-0.39, 0.29) is 6.04 Å². The summed E-state index contributed by atoms with van der Waals surface area (Å²) in [7, 11) is 0. The van der Waals surface area contributed by atoms with Gasteiger partial charge in [0, 0.05) is 18.2 Å². The lowest BCUT2D eigenvalue weighted by atomic mass is 9.87. The van der Waals surface area contributed by atoms with Gasteiger partial charge in [-0.1, -0.05) is 18.2 Å². The van der Waals surface area contributed by atoms with E-state index in [4.69, 9.17) is 9.47 Å². The van der Waals surface area contributed by atoms with E-state index in [0.717, 1.165) is 17.3 Å². The molecule has 106 valence electrons. The predicted octanol–water partition coefficient (Wildman–Crippen LogP) is 1.87. The summed E-state index contributed by atoms with van der Waals surface area (Å²) in [6.07, 6.45) is 3.53. The maximum absolute atomic E-state index is 10.4. The molecule has 2 aliphatic rings. The fourth-order valence-corrected chi connectivity index (χ4v) is 3.38. The third kappa shape index (κ3) is 1.85. The molecule has 0 amide bonds. The van der Waals surface area contributed by atoms with Crippen molar-refractivity contribution >= 4 is 10.9 Å². The van der Waals surface area contributed by atoms with Crippen LogP contribution in [0, 0.1) is 0 Å². The topological polar surface area (TPSA) is 56.5 Å². The average Bonchev–Trinajstić information content (AvgIpc) is 3.09. The minimum absolute atomic E-state index is 0.0956. The lowest BCUT2D eigenvalue weighted by molar-refractivity contribution is -0.199. The van der Waals surface area contributed by atoms with E-state index in [9.17, 15) is 5.11 Å². The Morgan fingerprint density at radius 1 is 1.25 bits per heavy atom. The summed E-state index contributed by atoms with van der Waals surface area (Å²) in [5.74, 6) is -0.517. The van der Waals surface area contributed by atoms with Crippen molar-refractivity contribution in [2.45, 2.75) is 37.2 Å². The maximum Gasteiger partial charge on any atom is 0.170 e. The van der Waals surface area contributed by atoms with E-state index in [0.29, 0.717) is 26.1 Å². The van der Waals surface area contributed by atoms with Crippen molar-refractivity contribution in [2.24, 2.45) is 0 Å². The lowest BCUT2D eigenvalue weighted by Crippen LogP contribution is -2.43. The first kappa shape index (κ1) is 12.3. The molecule has 20 heavy (non-hydrogen) atoms. The number of aromatic nitrogens is 2. The van der Waals surface area contributed by atoms with Crippen molar-refractivity contribution in [3.05, 3.63) is 30.5 Å². The molecule has 2 aromatic rings. The van der Waals surface area contributed by atoms with Gasteiger partial charge < -0.3 is 14.6 Å². The predicted molar refractivity (Wildman–Crippen MR) is 73.3 cm³/mol. The molecule has 2 atom stereocenters. The molecule has 1 spiro atoms. The van der Waals surface area contributed by atoms with Gasteiger partial charge in [0.1, 0.15) is 0 Å². The third-order valence-corrected chi connectivity index (χ3v) is 4.42. The molecule has 4 rings (SSSR count). The molecule has 1 saturated carbocycles. The SMILES string of the molecule is OC1CCC2(CC1n1ncc3ccccc31)OCCO2. The van der Waals surface area contributed by atoms with E-state index in [1.54, 1.807) is 0 Å². The second-order valence-corrected chi connectivity index (χ2v) is 5.63. The van der Waals surface area contributed by atoms with Gasteiger partial charge in [-0.05, 0) is 12.5 Å². The van der Waals surface area contributed by atoms with Crippen LogP contribution in [0.25, 0.3) is 10.9 Å². The minimum atomic E-state index is -0.517. The molecule has 2 fully saturated rings. The standard InChI is InChI=1S/C15H18N2O3/c18-14-5-6-15(19-7-8-20-15)9-13(14)17-12-4-2-1-3-11(12)10-16-17/h1-4,10,13-14,18H,5-9H2. The Bertz CT molecular complexity index is 618. The molecule has 1 aromatic carbocycles. The van der Waals surface area contributed by atoms with Crippen LogP contribution in [0.2, 0.25) is 0 Å². The number of rotatable bonds is 1. The number of fused-ring (bicyclic) bond motifs is 1. The molecule has 1 aliphatic heterocycles. The van der Waals surface area contributed by atoms with Crippen molar-refractivity contribution in [3.8, 4) is 0 Å². The van der Waals surface area contributed by atoms with Crippen LogP contribution in [0.1, 0.15) is 25.3 Å². The van der Waals surface area contributed by atoms with Crippen molar-refractivity contribution in [1.29, 1.82) is 0 Å². The number of aliphatic hydroxyl groups is 1. The van der Waals surface area contributed by atoms with Crippen LogP contribution in [0.15, 0.2) is 30.5 Å². The van der Waals surface area contributed by atoms with Gasteiger partial charge >= 0.3 is 0 Å². The van der Waals surface area contributed by atoms with Gasteiger partial charge in [-0.25, -0.2) is 0 Å². The van der Waals surface area contributed by atoms with Crippen LogP contribution < -0.4 is 0 Å². The summed E-state index contributed by atoms with van der Waals surface area (Å²) in [6.45, 7) is 1.28. The molecular weight excluding hydrogens is 256 g/mol. The molecule has 5 heteroatoms. The molecule has 1 N–H and O–H groups in total. The molecule has 0 radical (unpaired) electrons. The summed E-state index contributed by atoms with van der Waals surface area (Å²) < 4.78 is 13.5. The normalized spacial score (nSPS) is 29.2. The summed E-state index contributed by atoms with van der Waals surface area (Å²) in [5.41, 5.74) is 1.05. The van der Waals surface area contributed by atoms with E-state index >= 15 is 0 Å². The first-order chi connectivity index (χ1) is 9.77. The Morgan fingerprint density at radius 2 is 2.05 bits per heavy atom. The van der Waals surface area contributed by atoms with Crippen molar-refractivity contribution in [1.82, 2.24) is 9.78 Å². The van der Waals surface area contributed by atoms with Crippen LogP contribution in [-0.4, -0.2) is 40.0 Å². The number of benzene rings is 1. The summed E-state index contributed by atoms with van der Waals surface area (Å²) in [4.78, 5) is 0. The van der Waals surface area contributed by atoms with E-state index in [1.165, 1.54) is 0 Å². The van der Waals surface area contributed by atoms with Crippen LogP contribution in [0.5, 0.6) is 0 Å². The summed E-state index contributed by atoms with van der Waals surface area (Å²) in [6, 6.07) is 7.96. The van der Waals surface area contributed by atoms with Crippen molar-refractivity contribution in [2.75, 3.05) is 13.2 Å².